The monoisotopic (exact) mass is 430 g/mol. The number of hydrogen-bond donors (Lipinski definition) is 1. The topological polar surface area (TPSA) is 84.3 Å². The van der Waals surface area contributed by atoms with Crippen molar-refractivity contribution in [2.45, 2.75) is 69.2 Å². The van der Waals surface area contributed by atoms with Gasteiger partial charge in [0, 0.05) is 24.7 Å². The summed E-state index contributed by atoms with van der Waals surface area (Å²) >= 11 is 0. The van der Waals surface area contributed by atoms with E-state index in [1.807, 2.05) is 26.8 Å². The number of rotatable bonds is 5. The van der Waals surface area contributed by atoms with Crippen molar-refractivity contribution in [1.29, 1.82) is 0 Å². The Morgan fingerprint density at radius 3 is 2.43 bits per heavy atom. The molecule has 1 aliphatic carbocycles. The molecular weight excluding hydrogens is 400 g/mol. The number of nitrogens with one attached hydrogen (secondary N) is 1. The van der Waals surface area contributed by atoms with Crippen LogP contribution in [-0.4, -0.2) is 41.5 Å². The van der Waals surface area contributed by atoms with Gasteiger partial charge in [0.1, 0.15) is 5.69 Å². The van der Waals surface area contributed by atoms with E-state index in [-0.39, 0.29) is 16.3 Å². The summed E-state index contributed by atoms with van der Waals surface area (Å²) < 4.78 is 29.2. The number of carbonyl (C=O) groups is 1. The van der Waals surface area contributed by atoms with Gasteiger partial charge in [-0.3, -0.25) is 9.48 Å². The summed E-state index contributed by atoms with van der Waals surface area (Å²) in [7, 11) is -3.55. The van der Waals surface area contributed by atoms with E-state index in [0.29, 0.717) is 30.4 Å². The molecule has 2 heterocycles. The van der Waals surface area contributed by atoms with E-state index in [4.69, 9.17) is 0 Å². The zero-order valence-corrected chi connectivity index (χ0v) is 18.7. The molecule has 2 fully saturated rings. The van der Waals surface area contributed by atoms with Gasteiger partial charge < -0.3 is 5.32 Å². The Morgan fingerprint density at radius 1 is 1.10 bits per heavy atom. The molecular formula is C22H30N4O3S. The molecule has 0 radical (unpaired) electrons. The molecule has 162 valence electrons. The molecule has 0 spiro atoms. The molecule has 1 aromatic carbocycles. The van der Waals surface area contributed by atoms with Crippen molar-refractivity contribution in [3.8, 4) is 0 Å². The second-order valence-corrected chi connectivity index (χ2v) is 11.2. The normalized spacial score (nSPS) is 18.4. The van der Waals surface area contributed by atoms with Gasteiger partial charge in [0.15, 0.2) is 0 Å². The number of anilines is 1. The minimum Gasteiger partial charge on any atom is -0.321 e. The van der Waals surface area contributed by atoms with Gasteiger partial charge in [-0.1, -0.05) is 12.5 Å². The summed E-state index contributed by atoms with van der Waals surface area (Å²) in [6.07, 6.45) is 5.05. The third kappa shape index (κ3) is 4.30. The molecule has 4 rings (SSSR count). The van der Waals surface area contributed by atoms with E-state index in [0.717, 1.165) is 37.8 Å². The summed E-state index contributed by atoms with van der Waals surface area (Å²) in [4.78, 5) is 13.3. The lowest BCUT2D eigenvalue weighted by Crippen LogP contribution is -2.35. The number of carbonyl (C=O) groups excluding carboxylic acids is 1. The smallest absolute Gasteiger partial charge is 0.273 e. The fourth-order valence-electron chi connectivity index (χ4n) is 3.83. The van der Waals surface area contributed by atoms with Crippen molar-refractivity contribution < 1.29 is 13.2 Å². The molecule has 1 N–H and O–H groups in total. The van der Waals surface area contributed by atoms with Crippen LogP contribution < -0.4 is 5.32 Å². The minimum absolute atomic E-state index is 0.213. The first kappa shape index (κ1) is 21.1. The quantitative estimate of drug-likeness (QED) is 0.779. The summed E-state index contributed by atoms with van der Waals surface area (Å²) in [6, 6.07) is 8.38. The van der Waals surface area contributed by atoms with Crippen molar-refractivity contribution in [3.05, 3.63) is 41.7 Å². The number of nitrogens with zero attached hydrogens (tertiary/aromatic N) is 3. The molecule has 2 aromatic rings. The van der Waals surface area contributed by atoms with Crippen LogP contribution in [0, 0.1) is 0 Å². The Hall–Kier alpha value is -2.19. The lowest BCUT2D eigenvalue weighted by molar-refractivity contribution is 0.100. The van der Waals surface area contributed by atoms with Crippen molar-refractivity contribution in [3.63, 3.8) is 0 Å². The highest BCUT2D eigenvalue weighted by Gasteiger charge is 2.31. The van der Waals surface area contributed by atoms with Crippen molar-refractivity contribution in [1.82, 2.24) is 14.1 Å². The number of piperidine rings is 1. The van der Waals surface area contributed by atoms with Crippen LogP contribution in [0.5, 0.6) is 0 Å². The number of hydrogen-bond acceptors (Lipinski definition) is 4. The van der Waals surface area contributed by atoms with Crippen LogP contribution in [-0.2, 0) is 15.6 Å². The highest BCUT2D eigenvalue weighted by atomic mass is 32.2. The third-order valence-electron chi connectivity index (χ3n) is 5.64. The molecule has 30 heavy (non-hydrogen) atoms. The Labute approximate surface area is 178 Å². The van der Waals surface area contributed by atoms with Crippen LogP contribution in [0.4, 0.5) is 5.69 Å². The molecule has 0 unspecified atom stereocenters. The molecule has 1 aromatic heterocycles. The number of aromatic nitrogens is 2. The van der Waals surface area contributed by atoms with E-state index >= 15 is 0 Å². The highest BCUT2D eigenvalue weighted by Crippen LogP contribution is 2.40. The standard InChI is InChI=1S/C22H30N4O3S/c1-22(2,3)26-20(15-19(24-26)16-10-11-16)21(27)23-17-8-7-9-18(14-17)30(28,29)25-12-5-4-6-13-25/h7-9,14-16H,4-6,10-13H2,1-3H3,(H,23,27). The van der Waals surface area contributed by atoms with Crippen molar-refractivity contribution >= 4 is 21.6 Å². The van der Waals surface area contributed by atoms with Gasteiger partial charge in [-0.2, -0.15) is 9.40 Å². The molecule has 8 heteroatoms. The summed E-state index contributed by atoms with van der Waals surface area (Å²) in [5, 5.41) is 7.55. The van der Waals surface area contributed by atoms with E-state index in [2.05, 4.69) is 10.4 Å². The summed E-state index contributed by atoms with van der Waals surface area (Å²) in [5.41, 5.74) is 1.58. The van der Waals surface area contributed by atoms with E-state index < -0.39 is 10.0 Å². The molecule has 0 bridgehead atoms. The molecule has 1 saturated heterocycles. The summed E-state index contributed by atoms with van der Waals surface area (Å²) in [6.45, 7) is 7.14. The van der Waals surface area contributed by atoms with Crippen LogP contribution in [0.1, 0.15) is 75.0 Å². The van der Waals surface area contributed by atoms with Gasteiger partial charge in [-0.25, -0.2) is 8.42 Å². The van der Waals surface area contributed by atoms with E-state index in [9.17, 15) is 13.2 Å². The predicted molar refractivity (Wildman–Crippen MR) is 116 cm³/mol. The lowest BCUT2D eigenvalue weighted by atomic mass is 10.1. The average molecular weight is 431 g/mol. The SMILES string of the molecule is CC(C)(C)n1nc(C2CC2)cc1C(=O)Nc1cccc(S(=O)(=O)N2CCCCC2)c1. The van der Waals surface area contributed by atoms with Gasteiger partial charge in [0.2, 0.25) is 10.0 Å². The van der Waals surface area contributed by atoms with Gasteiger partial charge in [0.25, 0.3) is 5.91 Å². The van der Waals surface area contributed by atoms with E-state index in [1.165, 1.54) is 4.31 Å². The first-order valence-electron chi connectivity index (χ1n) is 10.7. The Kier molecular flexibility index (Phi) is 5.48. The fourth-order valence-corrected chi connectivity index (χ4v) is 5.40. The Bertz CT molecular complexity index is 1040. The molecule has 2 aliphatic rings. The van der Waals surface area contributed by atoms with Gasteiger partial charge in [-0.15, -0.1) is 0 Å². The molecule has 1 saturated carbocycles. The fraction of sp³-hybridized carbons (Fsp3) is 0.545. The van der Waals surface area contributed by atoms with Crippen LogP contribution in [0.2, 0.25) is 0 Å². The zero-order valence-electron chi connectivity index (χ0n) is 17.9. The largest absolute Gasteiger partial charge is 0.321 e. The Balaban J connectivity index is 1.58. The number of sulfonamides is 1. The maximum Gasteiger partial charge on any atom is 0.273 e. The van der Waals surface area contributed by atoms with Crippen LogP contribution in [0.25, 0.3) is 0 Å². The lowest BCUT2D eigenvalue weighted by Gasteiger charge is -2.26. The average Bonchev–Trinajstić information content (AvgIpc) is 3.45. The van der Waals surface area contributed by atoms with Crippen LogP contribution >= 0.6 is 0 Å². The Morgan fingerprint density at radius 2 is 1.80 bits per heavy atom. The third-order valence-corrected chi connectivity index (χ3v) is 7.53. The summed E-state index contributed by atoms with van der Waals surface area (Å²) in [5.74, 6) is 0.162. The first-order valence-corrected chi connectivity index (χ1v) is 12.1. The number of amides is 1. The predicted octanol–water partition coefficient (Wildman–Crippen LogP) is 3.94. The van der Waals surface area contributed by atoms with Gasteiger partial charge in [-0.05, 0) is 70.7 Å². The molecule has 1 amide bonds. The van der Waals surface area contributed by atoms with Gasteiger partial charge >= 0.3 is 0 Å². The number of benzene rings is 1. The molecule has 7 nitrogen and oxygen atoms in total. The van der Waals surface area contributed by atoms with Crippen LogP contribution in [0.3, 0.4) is 0 Å². The second kappa shape index (κ2) is 7.81. The molecule has 1 aliphatic heterocycles. The maximum atomic E-state index is 13.1. The first-order chi connectivity index (χ1) is 14.2. The van der Waals surface area contributed by atoms with Crippen molar-refractivity contribution in [2.75, 3.05) is 18.4 Å². The maximum absolute atomic E-state index is 13.1. The minimum atomic E-state index is -3.55. The van der Waals surface area contributed by atoms with Crippen LogP contribution in [0.15, 0.2) is 35.2 Å². The van der Waals surface area contributed by atoms with E-state index in [1.54, 1.807) is 28.9 Å². The van der Waals surface area contributed by atoms with Crippen molar-refractivity contribution in [2.24, 2.45) is 0 Å². The highest BCUT2D eigenvalue weighted by molar-refractivity contribution is 7.89. The second-order valence-electron chi connectivity index (χ2n) is 9.26. The molecule has 0 atom stereocenters. The zero-order chi connectivity index (χ0) is 21.5. The van der Waals surface area contributed by atoms with Gasteiger partial charge in [0.05, 0.1) is 16.1 Å².